The number of nitrogens with one attached hydrogen (secondary N) is 1. The third-order valence-electron chi connectivity index (χ3n) is 3.31. The van der Waals surface area contributed by atoms with E-state index in [0.717, 1.165) is 38.6 Å². The third-order valence-corrected chi connectivity index (χ3v) is 3.31. The molecule has 0 saturated heterocycles. The lowest BCUT2D eigenvalue weighted by atomic mass is 9.95. The molecule has 0 fully saturated rings. The summed E-state index contributed by atoms with van der Waals surface area (Å²) in [6, 6.07) is 0. The van der Waals surface area contributed by atoms with E-state index < -0.39 is 0 Å². The number of hydrogen-bond acceptors (Lipinski definition) is 3. The molecule has 0 bridgehead atoms. The van der Waals surface area contributed by atoms with E-state index in [1.165, 1.54) is 13.3 Å². The van der Waals surface area contributed by atoms with E-state index in [-0.39, 0.29) is 18.0 Å². The quantitative estimate of drug-likeness (QED) is 0.491. The summed E-state index contributed by atoms with van der Waals surface area (Å²) in [5.74, 6) is 0.277. The van der Waals surface area contributed by atoms with Crippen LogP contribution in [0.1, 0.15) is 66.2 Å². The normalized spacial score (nSPS) is 13.7. The van der Waals surface area contributed by atoms with Crippen LogP contribution in [-0.2, 0) is 14.3 Å². The van der Waals surface area contributed by atoms with E-state index in [4.69, 9.17) is 4.74 Å². The van der Waals surface area contributed by atoms with Crippen molar-refractivity contribution in [3.05, 3.63) is 0 Å². The zero-order chi connectivity index (χ0) is 14.7. The van der Waals surface area contributed by atoms with Crippen LogP contribution >= 0.6 is 0 Å². The first kappa shape index (κ1) is 17.9. The zero-order valence-electron chi connectivity index (χ0n) is 12.8. The molecule has 1 amide bonds. The van der Waals surface area contributed by atoms with Crippen LogP contribution in [0.25, 0.3) is 0 Å². The first-order chi connectivity index (χ1) is 8.97. The van der Waals surface area contributed by atoms with E-state index in [0.29, 0.717) is 5.92 Å². The van der Waals surface area contributed by atoms with Crippen LogP contribution in [0.3, 0.4) is 0 Å². The van der Waals surface area contributed by atoms with Crippen LogP contribution in [0.2, 0.25) is 0 Å². The van der Waals surface area contributed by atoms with Crippen molar-refractivity contribution in [2.45, 2.75) is 72.3 Å². The van der Waals surface area contributed by atoms with Gasteiger partial charge in [0.15, 0.2) is 0 Å². The minimum atomic E-state index is -0.186. The Labute approximate surface area is 117 Å². The van der Waals surface area contributed by atoms with Crippen molar-refractivity contribution in [1.82, 2.24) is 5.32 Å². The molecule has 0 saturated carbocycles. The molecule has 0 radical (unpaired) electrons. The van der Waals surface area contributed by atoms with Gasteiger partial charge >= 0.3 is 5.97 Å². The molecule has 19 heavy (non-hydrogen) atoms. The van der Waals surface area contributed by atoms with Gasteiger partial charge in [-0.3, -0.25) is 9.59 Å². The molecule has 0 rings (SSSR count). The maximum absolute atomic E-state index is 11.0. The Morgan fingerprint density at radius 1 is 1.11 bits per heavy atom. The van der Waals surface area contributed by atoms with Crippen molar-refractivity contribution in [3.8, 4) is 0 Å². The second-order valence-corrected chi connectivity index (χ2v) is 5.22. The topological polar surface area (TPSA) is 55.4 Å². The predicted molar refractivity (Wildman–Crippen MR) is 76.8 cm³/mol. The lowest BCUT2D eigenvalue weighted by Gasteiger charge is -2.22. The second kappa shape index (κ2) is 10.8. The van der Waals surface area contributed by atoms with Gasteiger partial charge in [-0.2, -0.15) is 0 Å². The zero-order valence-corrected chi connectivity index (χ0v) is 12.8. The van der Waals surface area contributed by atoms with Gasteiger partial charge in [-0.15, -0.1) is 0 Å². The number of unbranched alkanes of at least 4 members (excludes halogenated alkanes) is 3. The van der Waals surface area contributed by atoms with Crippen LogP contribution in [0, 0.1) is 5.92 Å². The standard InChI is InChI=1S/C15H29NO3/c1-5-15(19-14(4)18)12(2)10-8-6-7-9-11-16-13(3)17/h12,15H,5-11H2,1-4H3,(H,16,17). The summed E-state index contributed by atoms with van der Waals surface area (Å²) in [5.41, 5.74) is 0. The van der Waals surface area contributed by atoms with Crippen molar-refractivity contribution in [2.24, 2.45) is 5.92 Å². The van der Waals surface area contributed by atoms with Gasteiger partial charge in [0.25, 0.3) is 0 Å². The van der Waals surface area contributed by atoms with E-state index in [9.17, 15) is 9.59 Å². The highest BCUT2D eigenvalue weighted by atomic mass is 16.5. The van der Waals surface area contributed by atoms with Gasteiger partial charge in [0.1, 0.15) is 6.10 Å². The van der Waals surface area contributed by atoms with Crippen LogP contribution < -0.4 is 5.32 Å². The van der Waals surface area contributed by atoms with E-state index in [1.54, 1.807) is 6.92 Å². The first-order valence-corrected chi connectivity index (χ1v) is 7.39. The van der Waals surface area contributed by atoms with Crippen molar-refractivity contribution in [3.63, 3.8) is 0 Å². The molecule has 0 aromatic carbocycles. The Morgan fingerprint density at radius 3 is 2.26 bits per heavy atom. The van der Waals surface area contributed by atoms with Gasteiger partial charge in [0, 0.05) is 20.4 Å². The molecular weight excluding hydrogens is 242 g/mol. The Morgan fingerprint density at radius 2 is 1.74 bits per heavy atom. The average Bonchev–Trinajstić information content (AvgIpc) is 2.33. The van der Waals surface area contributed by atoms with Gasteiger partial charge in [-0.05, 0) is 25.2 Å². The van der Waals surface area contributed by atoms with Gasteiger partial charge in [-0.1, -0.05) is 33.1 Å². The highest BCUT2D eigenvalue weighted by Crippen LogP contribution is 2.19. The lowest BCUT2D eigenvalue weighted by molar-refractivity contribution is -0.149. The number of rotatable bonds is 10. The minimum absolute atomic E-state index is 0.0424. The van der Waals surface area contributed by atoms with Crippen LogP contribution in [-0.4, -0.2) is 24.5 Å². The SMILES string of the molecule is CCC(OC(C)=O)C(C)CCCCCCNC(C)=O. The monoisotopic (exact) mass is 271 g/mol. The summed E-state index contributed by atoms with van der Waals surface area (Å²) < 4.78 is 5.30. The van der Waals surface area contributed by atoms with E-state index in [2.05, 4.69) is 19.2 Å². The van der Waals surface area contributed by atoms with Crippen LogP contribution in [0.4, 0.5) is 0 Å². The van der Waals surface area contributed by atoms with Gasteiger partial charge in [0.05, 0.1) is 0 Å². The fraction of sp³-hybridized carbons (Fsp3) is 0.867. The molecule has 4 nitrogen and oxygen atoms in total. The number of carbonyl (C=O) groups excluding carboxylic acids is 2. The molecule has 4 heteroatoms. The molecule has 1 N–H and O–H groups in total. The largest absolute Gasteiger partial charge is 0.462 e. The Balaban J connectivity index is 3.58. The number of amides is 1. The summed E-state index contributed by atoms with van der Waals surface area (Å²) in [6.45, 7) is 7.99. The number of ether oxygens (including phenoxy) is 1. The fourth-order valence-corrected chi connectivity index (χ4v) is 2.21. The van der Waals surface area contributed by atoms with Crippen molar-refractivity contribution >= 4 is 11.9 Å². The van der Waals surface area contributed by atoms with Crippen LogP contribution in [0.5, 0.6) is 0 Å². The number of hydrogen-bond donors (Lipinski definition) is 1. The van der Waals surface area contributed by atoms with Gasteiger partial charge < -0.3 is 10.1 Å². The minimum Gasteiger partial charge on any atom is -0.462 e. The summed E-state index contributed by atoms with van der Waals surface area (Å²) >= 11 is 0. The first-order valence-electron chi connectivity index (χ1n) is 7.39. The third kappa shape index (κ3) is 10.5. The number of carbonyl (C=O) groups is 2. The van der Waals surface area contributed by atoms with Gasteiger partial charge in [-0.25, -0.2) is 0 Å². The number of esters is 1. The highest BCUT2D eigenvalue weighted by molar-refractivity contribution is 5.72. The average molecular weight is 271 g/mol. The molecule has 0 spiro atoms. The fourth-order valence-electron chi connectivity index (χ4n) is 2.21. The van der Waals surface area contributed by atoms with Crippen LogP contribution in [0.15, 0.2) is 0 Å². The molecule has 2 unspecified atom stereocenters. The summed E-state index contributed by atoms with van der Waals surface area (Å²) in [6.07, 6.45) is 6.51. The molecule has 0 aliphatic heterocycles. The Hall–Kier alpha value is -1.06. The van der Waals surface area contributed by atoms with E-state index >= 15 is 0 Å². The highest BCUT2D eigenvalue weighted by Gasteiger charge is 2.17. The Kier molecular flexibility index (Phi) is 10.2. The van der Waals surface area contributed by atoms with Crippen molar-refractivity contribution in [1.29, 1.82) is 0 Å². The molecule has 0 aliphatic carbocycles. The second-order valence-electron chi connectivity index (χ2n) is 5.22. The van der Waals surface area contributed by atoms with Crippen molar-refractivity contribution < 1.29 is 14.3 Å². The maximum Gasteiger partial charge on any atom is 0.302 e. The summed E-state index contributed by atoms with van der Waals surface area (Å²) in [5, 5.41) is 2.80. The molecule has 0 aromatic heterocycles. The van der Waals surface area contributed by atoms with Gasteiger partial charge in [0.2, 0.25) is 5.91 Å². The summed E-state index contributed by atoms with van der Waals surface area (Å²) in [4.78, 5) is 21.6. The molecule has 112 valence electrons. The van der Waals surface area contributed by atoms with Crippen molar-refractivity contribution in [2.75, 3.05) is 6.54 Å². The lowest BCUT2D eigenvalue weighted by Crippen LogP contribution is -2.23. The molecule has 2 atom stereocenters. The van der Waals surface area contributed by atoms with E-state index in [1.807, 2.05) is 0 Å². The molecule has 0 aromatic rings. The smallest absolute Gasteiger partial charge is 0.302 e. The maximum atomic E-state index is 11.0. The summed E-state index contributed by atoms with van der Waals surface area (Å²) in [7, 11) is 0. The predicted octanol–water partition coefficient (Wildman–Crippen LogP) is 3.05. The molecule has 0 heterocycles. The molecule has 0 aliphatic rings. The molecular formula is C15H29NO3. The Bertz CT molecular complexity index is 266.